The predicted octanol–water partition coefficient (Wildman–Crippen LogP) is 2.72. The van der Waals surface area contributed by atoms with E-state index in [2.05, 4.69) is 20.8 Å². The number of aliphatic hydroxyl groups excluding tert-OH is 1. The van der Waals surface area contributed by atoms with Crippen LogP contribution in [0.5, 0.6) is 0 Å². The van der Waals surface area contributed by atoms with Gasteiger partial charge in [-0.1, -0.05) is 44.3 Å². The molecule has 2 saturated carbocycles. The second-order valence-corrected chi connectivity index (χ2v) is 7.70. The maximum Gasteiger partial charge on any atom is 0.151 e. The average molecular weight is 352 g/mol. The van der Waals surface area contributed by atoms with Crippen molar-refractivity contribution in [3.63, 3.8) is 0 Å². The van der Waals surface area contributed by atoms with E-state index in [-0.39, 0.29) is 12.1 Å². The van der Waals surface area contributed by atoms with Gasteiger partial charge in [-0.3, -0.25) is 0 Å². The lowest BCUT2D eigenvalue weighted by atomic mass is 9.92. The van der Waals surface area contributed by atoms with Crippen LogP contribution < -0.4 is 5.32 Å². The van der Waals surface area contributed by atoms with Crippen LogP contribution in [0.1, 0.15) is 82.5 Å². The topological polar surface area (TPSA) is 75.9 Å². The molecule has 6 nitrogen and oxygen atoms in total. The van der Waals surface area contributed by atoms with Crippen molar-refractivity contribution in [3.8, 4) is 0 Å². The second-order valence-electron chi connectivity index (χ2n) is 7.21. The number of rotatable bonds is 6. The zero-order chi connectivity index (χ0) is 16.8. The minimum absolute atomic E-state index is 0.138. The highest BCUT2D eigenvalue weighted by Gasteiger charge is 2.23. The van der Waals surface area contributed by atoms with Crippen molar-refractivity contribution in [2.75, 3.05) is 0 Å². The number of thiocarbonyl (C=S) groups is 1. The van der Waals surface area contributed by atoms with Crippen LogP contribution in [-0.2, 0) is 6.42 Å². The quantitative estimate of drug-likeness (QED) is 0.768. The van der Waals surface area contributed by atoms with Gasteiger partial charge in [-0.25, -0.2) is 4.68 Å². The molecule has 0 radical (unpaired) electrons. The molecule has 2 atom stereocenters. The summed E-state index contributed by atoms with van der Waals surface area (Å²) in [5.74, 6) is 0.988. The van der Waals surface area contributed by atoms with Gasteiger partial charge in [-0.15, -0.1) is 5.10 Å². The molecule has 0 aromatic carbocycles. The highest BCUT2D eigenvalue weighted by Crippen LogP contribution is 2.28. The Kier molecular flexibility index (Phi) is 6.54. The number of nitrogens with one attached hydrogen (secondary N) is 1. The van der Waals surface area contributed by atoms with Gasteiger partial charge in [0.15, 0.2) is 5.82 Å². The maximum absolute atomic E-state index is 10.0. The normalized spacial score (nSPS) is 25.5. The summed E-state index contributed by atoms with van der Waals surface area (Å²) in [7, 11) is 0. The van der Waals surface area contributed by atoms with E-state index in [0.29, 0.717) is 6.04 Å². The molecule has 3 rings (SSSR count). The van der Waals surface area contributed by atoms with E-state index >= 15 is 0 Å². The van der Waals surface area contributed by atoms with Crippen molar-refractivity contribution in [2.45, 2.75) is 95.2 Å². The van der Waals surface area contributed by atoms with E-state index < -0.39 is 0 Å². The molecule has 1 heterocycles. The monoisotopic (exact) mass is 351 g/mol. The lowest BCUT2D eigenvalue weighted by Crippen LogP contribution is -2.44. The first-order chi connectivity index (χ1) is 11.7. The molecule has 1 aromatic rings. The first-order valence-corrected chi connectivity index (χ1v) is 9.89. The van der Waals surface area contributed by atoms with E-state index in [1.807, 2.05) is 4.68 Å². The Morgan fingerprint density at radius 2 is 1.88 bits per heavy atom. The molecule has 0 aliphatic heterocycles. The van der Waals surface area contributed by atoms with E-state index in [1.54, 1.807) is 0 Å². The Morgan fingerprint density at radius 1 is 1.12 bits per heavy atom. The third kappa shape index (κ3) is 4.72. The molecule has 0 bridgehead atoms. The Balaban J connectivity index is 1.43. The summed E-state index contributed by atoms with van der Waals surface area (Å²) in [6.45, 7) is 0. The van der Waals surface area contributed by atoms with Crippen LogP contribution in [0.4, 0.5) is 0 Å². The molecule has 0 saturated heterocycles. The molecular weight excluding hydrogens is 322 g/mol. The van der Waals surface area contributed by atoms with Crippen LogP contribution in [0.3, 0.4) is 0 Å². The van der Waals surface area contributed by atoms with Crippen LogP contribution in [-0.4, -0.2) is 42.4 Å². The number of hydrogen-bond donors (Lipinski definition) is 2. The van der Waals surface area contributed by atoms with Crippen LogP contribution in [0.15, 0.2) is 0 Å². The summed E-state index contributed by atoms with van der Waals surface area (Å²) in [6.07, 6.45) is 12.9. The number of aryl methyl sites for hydroxylation is 1. The first-order valence-electron chi connectivity index (χ1n) is 9.48. The molecule has 2 fully saturated rings. The molecule has 134 valence electrons. The third-order valence-electron chi connectivity index (χ3n) is 5.36. The highest BCUT2D eigenvalue weighted by atomic mass is 32.1. The van der Waals surface area contributed by atoms with Crippen molar-refractivity contribution in [2.24, 2.45) is 0 Å². The van der Waals surface area contributed by atoms with Gasteiger partial charge in [0, 0.05) is 6.42 Å². The van der Waals surface area contributed by atoms with Crippen LogP contribution >= 0.6 is 12.2 Å². The van der Waals surface area contributed by atoms with Gasteiger partial charge in [-0.2, -0.15) is 0 Å². The summed E-state index contributed by atoms with van der Waals surface area (Å²) in [5, 5.41) is 25.7. The molecular formula is C17H29N5OS. The first kappa shape index (κ1) is 17.7. The van der Waals surface area contributed by atoms with Gasteiger partial charge in [0.1, 0.15) is 0 Å². The molecule has 0 spiro atoms. The van der Waals surface area contributed by atoms with Crippen molar-refractivity contribution >= 4 is 17.2 Å². The number of aromatic nitrogens is 4. The summed E-state index contributed by atoms with van der Waals surface area (Å²) in [4.78, 5) is 0.859. The van der Waals surface area contributed by atoms with E-state index in [1.165, 1.54) is 38.5 Å². The molecule has 7 heteroatoms. The molecule has 0 amide bonds. The third-order valence-corrected chi connectivity index (χ3v) is 5.68. The van der Waals surface area contributed by atoms with Gasteiger partial charge in [0.25, 0.3) is 0 Å². The maximum atomic E-state index is 10.0. The minimum atomic E-state index is -0.254. The van der Waals surface area contributed by atoms with Crippen LogP contribution in [0.2, 0.25) is 0 Å². The zero-order valence-corrected chi connectivity index (χ0v) is 15.2. The van der Waals surface area contributed by atoms with Gasteiger partial charge in [0.05, 0.1) is 23.2 Å². The fourth-order valence-electron chi connectivity index (χ4n) is 3.95. The summed E-state index contributed by atoms with van der Waals surface area (Å²) >= 11 is 5.46. The fourth-order valence-corrected chi connectivity index (χ4v) is 4.25. The van der Waals surface area contributed by atoms with Crippen molar-refractivity contribution in [1.29, 1.82) is 0 Å². The summed E-state index contributed by atoms with van der Waals surface area (Å²) < 4.78 is 2.04. The molecule has 2 aliphatic carbocycles. The molecule has 2 N–H and O–H groups in total. The summed E-state index contributed by atoms with van der Waals surface area (Å²) in [5.41, 5.74) is 0. The van der Waals surface area contributed by atoms with Crippen molar-refractivity contribution in [1.82, 2.24) is 25.5 Å². The average Bonchev–Trinajstić information content (AvgIpc) is 3.06. The largest absolute Gasteiger partial charge is 0.391 e. The number of aliphatic hydroxyl groups is 1. The van der Waals surface area contributed by atoms with E-state index in [0.717, 1.165) is 49.3 Å². The van der Waals surface area contributed by atoms with Crippen LogP contribution in [0, 0.1) is 0 Å². The van der Waals surface area contributed by atoms with Crippen LogP contribution in [0.25, 0.3) is 0 Å². The predicted molar refractivity (Wildman–Crippen MR) is 96.9 cm³/mol. The van der Waals surface area contributed by atoms with Gasteiger partial charge >= 0.3 is 0 Å². The molecule has 24 heavy (non-hydrogen) atoms. The SMILES string of the molecule is OC1CCCCC1NC(=S)CCCc1nnnn1C1CCCCC1. The minimum Gasteiger partial charge on any atom is -0.391 e. The molecule has 2 unspecified atom stereocenters. The fraction of sp³-hybridized carbons (Fsp3) is 0.882. The van der Waals surface area contributed by atoms with E-state index in [4.69, 9.17) is 12.2 Å². The number of tetrazole rings is 1. The number of hydrogen-bond acceptors (Lipinski definition) is 5. The Hall–Kier alpha value is -1.08. The van der Waals surface area contributed by atoms with Gasteiger partial charge in [-0.05, 0) is 49.0 Å². The van der Waals surface area contributed by atoms with Gasteiger partial charge < -0.3 is 10.4 Å². The second kappa shape index (κ2) is 8.85. The molecule has 1 aromatic heterocycles. The Morgan fingerprint density at radius 3 is 2.67 bits per heavy atom. The Bertz CT molecular complexity index is 529. The highest BCUT2D eigenvalue weighted by molar-refractivity contribution is 7.80. The van der Waals surface area contributed by atoms with Gasteiger partial charge in [0.2, 0.25) is 0 Å². The van der Waals surface area contributed by atoms with Crippen molar-refractivity contribution in [3.05, 3.63) is 5.82 Å². The number of nitrogens with zero attached hydrogens (tertiary/aromatic N) is 4. The summed E-state index contributed by atoms with van der Waals surface area (Å²) in [6, 6.07) is 0.616. The van der Waals surface area contributed by atoms with Crippen molar-refractivity contribution < 1.29 is 5.11 Å². The Labute approximate surface area is 149 Å². The van der Waals surface area contributed by atoms with E-state index in [9.17, 15) is 5.11 Å². The standard InChI is InChI=1S/C17H29N5OS/c23-15-10-5-4-9-14(15)18-17(24)12-6-11-16-19-20-21-22(16)13-7-2-1-3-8-13/h13-15,23H,1-12H2,(H,18,24). The molecule has 2 aliphatic rings. The zero-order valence-electron chi connectivity index (χ0n) is 14.4. The smallest absolute Gasteiger partial charge is 0.151 e. The lowest BCUT2D eigenvalue weighted by Gasteiger charge is -2.29. The lowest BCUT2D eigenvalue weighted by molar-refractivity contribution is 0.0999.